The fourth-order valence-electron chi connectivity index (χ4n) is 3.05. The topological polar surface area (TPSA) is 144 Å². The average molecular weight is 422 g/mol. The largest absolute Gasteiger partial charge is 0.481 e. The average Bonchev–Trinajstić information content (AvgIpc) is 3.01. The minimum absolute atomic E-state index is 0.0228. The second-order valence-electron chi connectivity index (χ2n) is 6.76. The molecular formula is C19H23FN4O6. The maximum absolute atomic E-state index is 13.1. The Balaban J connectivity index is 2.50. The number of aliphatic carboxylic acids is 1. The van der Waals surface area contributed by atoms with Gasteiger partial charge >= 0.3 is 5.97 Å². The summed E-state index contributed by atoms with van der Waals surface area (Å²) in [6, 6.07) is -0.579. The Kier molecular flexibility index (Phi) is 7.56. The molecular weight excluding hydrogens is 399 g/mol. The third kappa shape index (κ3) is 4.97. The van der Waals surface area contributed by atoms with Gasteiger partial charge in [0.05, 0.1) is 12.2 Å². The number of alkyl halides is 1. The van der Waals surface area contributed by atoms with E-state index in [1.807, 2.05) is 0 Å². The van der Waals surface area contributed by atoms with Crippen molar-refractivity contribution in [1.29, 1.82) is 0 Å². The van der Waals surface area contributed by atoms with Gasteiger partial charge in [0.25, 0.3) is 5.56 Å². The van der Waals surface area contributed by atoms with E-state index in [0.717, 1.165) is 10.7 Å². The lowest BCUT2D eigenvalue weighted by Crippen LogP contribution is -2.49. The number of aryl methyl sites for hydroxylation is 2. The summed E-state index contributed by atoms with van der Waals surface area (Å²) in [5.74, 6) is -4.61. The van der Waals surface area contributed by atoms with Crippen molar-refractivity contribution in [2.24, 2.45) is 0 Å². The zero-order chi connectivity index (χ0) is 22.4. The molecule has 2 aromatic rings. The number of aromatic nitrogens is 3. The van der Waals surface area contributed by atoms with Gasteiger partial charge in [0.2, 0.25) is 5.91 Å². The number of rotatable bonds is 10. The van der Waals surface area contributed by atoms with Gasteiger partial charge in [-0.05, 0) is 26.3 Å². The summed E-state index contributed by atoms with van der Waals surface area (Å²) >= 11 is 0. The molecule has 0 aliphatic rings. The molecule has 2 atom stereocenters. The molecule has 0 aliphatic carbocycles. The maximum atomic E-state index is 13.1. The molecule has 10 nitrogen and oxygen atoms in total. The zero-order valence-electron chi connectivity index (χ0n) is 16.8. The molecule has 30 heavy (non-hydrogen) atoms. The first-order valence-corrected chi connectivity index (χ1v) is 9.29. The lowest BCUT2D eigenvalue weighted by atomic mass is 9.89. The number of hydrogen-bond donors (Lipinski definition) is 2. The molecule has 0 fully saturated rings. The Bertz CT molecular complexity index is 980. The number of halogens is 1. The molecule has 2 aromatic heterocycles. The molecule has 0 aromatic carbocycles. The van der Waals surface area contributed by atoms with Gasteiger partial charge in [-0.25, -0.2) is 9.07 Å². The van der Waals surface area contributed by atoms with Crippen molar-refractivity contribution in [3.05, 3.63) is 45.2 Å². The molecule has 0 saturated carbocycles. The lowest BCUT2D eigenvalue weighted by Gasteiger charge is -2.23. The van der Waals surface area contributed by atoms with Crippen molar-refractivity contribution in [2.45, 2.75) is 52.1 Å². The first-order chi connectivity index (χ1) is 14.2. The third-order valence-electron chi connectivity index (χ3n) is 4.64. The van der Waals surface area contributed by atoms with Crippen LogP contribution in [0.1, 0.15) is 48.3 Å². The highest BCUT2D eigenvalue weighted by Crippen LogP contribution is 2.19. The highest BCUT2D eigenvalue weighted by atomic mass is 19.1. The number of amides is 1. The van der Waals surface area contributed by atoms with E-state index < -0.39 is 41.9 Å². The quantitative estimate of drug-likeness (QED) is 0.574. The molecule has 0 bridgehead atoms. The molecule has 11 heteroatoms. The maximum Gasteiger partial charge on any atom is 0.313 e. The van der Waals surface area contributed by atoms with Crippen molar-refractivity contribution in [3.8, 4) is 0 Å². The van der Waals surface area contributed by atoms with Crippen LogP contribution in [0, 0.1) is 13.8 Å². The van der Waals surface area contributed by atoms with Crippen molar-refractivity contribution < 1.29 is 28.4 Å². The zero-order valence-corrected chi connectivity index (χ0v) is 16.8. The van der Waals surface area contributed by atoms with Crippen LogP contribution in [-0.2, 0) is 20.9 Å². The van der Waals surface area contributed by atoms with Gasteiger partial charge in [-0.2, -0.15) is 5.10 Å². The van der Waals surface area contributed by atoms with Crippen LogP contribution in [0.4, 0.5) is 4.39 Å². The van der Waals surface area contributed by atoms with Crippen molar-refractivity contribution >= 4 is 17.7 Å². The van der Waals surface area contributed by atoms with E-state index in [1.165, 1.54) is 6.20 Å². The van der Waals surface area contributed by atoms with Crippen LogP contribution in [0.3, 0.4) is 0 Å². The smallest absolute Gasteiger partial charge is 0.313 e. The number of hydrogen-bond acceptors (Lipinski definition) is 7. The number of carboxylic acids is 1. The van der Waals surface area contributed by atoms with Crippen LogP contribution in [0.2, 0.25) is 0 Å². The molecule has 0 radical (unpaired) electrons. The molecule has 0 spiro atoms. The summed E-state index contributed by atoms with van der Waals surface area (Å²) in [6.07, 6.45) is 1.67. The van der Waals surface area contributed by atoms with Crippen molar-refractivity contribution in [2.75, 3.05) is 6.67 Å². The first kappa shape index (κ1) is 22.9. The normalized spacial score (nSPS) is 12.9. The minimum Gasteiger partial charge on any atom is -0.481 e. The minimum atomic E-state index is -1.78. The van der Waals surface area contributed by atoms with E-state index in [4.69, 9.17) is 4.52 Å². The van der Waals surface area contributed by atoms with Crippen molar-refractivity contribution in [1.82, 2.24) is 20.3 Å². The third-order valence-corrected chi connectivity index (χ3v) is 4.64. The number of ketones is 1. The number of Topliss-reactive ketones (excluding diaryl/α,β-unsaturated/α-hetero) is 1. The van der Waals surface area contributed by atoms with Crippen LogP contribution in [-0.4, -0.2) is 50.4 Å². The number of nitrogens with zero attached hydrogens (tertiary/aromatic N) is 3. The molecule has 1 amide bonds. The van der Waals surface area contributed by atoms with E-state index in [2.05, 4.69) is 15.6 Å². The number of carbonyl (C=O) groups excluding carboxylic acids is 2. The first-order valence-electron chi connectivity index (χ1n) is 9.29. The van der Waals surface area contributed by atoms with Crippen LogP contribution < -0.4 is 10.9 Å². The highest BCUT2D eigenvalue weighted by Gasteiger charge is 2.38. The van der Waals surface area contributed by atoms with Crippen LogP contribution in [0.5, 0.6) is 0 Å². The van der Waals surface area contributed by atoms with Gasteiger partial charge in [-0.1, -0.05) is 12.1 Å². The highest BCUT2D eigenvalue weighted by molar-refractivity contribution is 5.95. The van der Waals surface area contributed by atoms with Gasteiger partial charge in [-0.3, -0.25) is 19.2 Å². The Hall–Kier alpha value is -3.37. The summed E-state index contributed by atoms with van der Waals surface area (Å²) in [5, 5.41) is 19.7. The van der Waals surface area contributed by atoms with E-state index in [0.29, 0.717) is 23.4 Å². The standard InChI is InChI=1S/C19H23FN4O6/c1-4-5-15(26)22-17(14(25)8-20)16(19(28)29)12-6-7-21-24(18(12)27)9-13-10(2)23-30-11(13)3/h6-7,16-17H,4-5,8-9H2,1-3H3,(H,22,26)(H,28,29). The van der Waals surface area contributed by atoms with Gasteiger partial charge in [0.15, 0.2) is 5.78 Å². The summed E-state index contributed by atoms with van der Waals surface area (Å²) in [5.41, 5.74) is 0.0547. The van der Waals surface area contributed by atoms with E-state index >= 15 is 0 Å². The van der Waals surface area contributed by atoms with Gasteiger partial charge < -0.3 is 14.9 Å². The van der Waals surface area contributed by atoms with Crippen LogP contribution in [0.15, 0.2) is 21.6 Å². The van der Waals surface area contributed by atoms with E-state index in [1.54, 1.807) is 20.8 Å². The summed E-state index contributed by atoms with van der Waals surface area (Å²) in [7, 11) is 0. The number of carboxylic acid groups (broad SMARTS) is 1. The molecule has 162 valence electrons. The molecule has 2 unspecified atom stereocenters. The van der Waals surface area contributed by atoms with Crippen LogP contribution >= 0.6 is 0 Å². The summed E-state index contributed by atoms with van der Waals surface area (Å²) in [6.45, 7) is 3.53. The second-order valence-corrected chi connectivity index (χ2v) is 6.76. The Morgan fingerprint density at radius 3 is 2.57 bits per heavy atom. The van der Waals surface area contributed by atoms with Crippen LogP contribution in [0.25, 0.3) is 0 Å². The predicted molar refractivity (Wildman–Crippen MR) is 102 cm³/mol. The van der Waals surface area contributed by atoms with E-state index in [-0.39, 0.29) is 18.5 Å². The van der Waals surface area contributed by atoms with E-state index in [9.17, 15) is 28.7 Å². The second kappa shape index (κ2) is 9.90. The fourth-order valence-corrected chi connectivity index (χ4v) is 3.05. The molecule has 2 N–H and O–H groups in total. The van der Waals surface area contributed by atoms with Gasteiger partial charge in [0.1, 0.15) is 24.4 Å². The summed E-state index contributed by atoms with van der Waals surface area (Å²) in [4.78, 5) is 49.0. The molecule has 2 rings (SSSR count). The molecule has 0 aliphatic heterocycles. The Morgan fingerprint density at radius 1 is 1.33 bits per heavy atom. The summed E-state index contributed by atoms with van der Waals surface area (Å²) < 4.78 is 19.2. The number of nitrogens with one attached hydrogen (secondary N) is 1. The number of carbonyl (C=O) groups is 3. The molecule has 0 saturated heterocycles. The Morgan fingerprint density at radius 2 is 2.03 bits per heavy atom. The predicted octanol–water partition coefficient (Wildman–Crippen LogP) is 0.888. The Labute approximate surface area is 171 Å². The lowest BCUT2D eigenvalue weighted by molar-refractivity contribution is -0.142. The molecule has 2 heterocycles. The SMILES string of the molecule is CCCC(=O)NC(C(=O)CF)C(C(=O)O)c1ccnn(Cc2c(C)noc2C)c1=O. The van der Waals surface area contributed by atoms with Gasteiger partial charge in [-0.15, -0.1) is 0 Å². The monoisotopic (exact) mass is 422 g/mol. The van der Waals surface area contributed by atoms with Gasteiger partial charge in [0, 0.05) is 23.7 Å². The van der Waals surface area contributed by atoms with Crippen molar-refractivity contribution in [3.63, 3.8) is 0 Å². The fraction of sp³-hybridized carbons (Fsp3) is 0.474.